The molecule has 0 fully saturated rings. The number of pyridine rings is 1. The number of ether oxygens (including phenoxy) is 1. The molecule has 0 saturated carbocycles. The minimum absolute atomic E-state index is 0.199. The highest BCUT2D eigenvalue weighted by Crippen LogP contribution is 2.23. The first-order valence-electron chi connectivity index (χ1n) is 8.89. The molecule has 0 aliphatic carbocycles. The fourth-order valence-corrected chi connectivity index (χ4v) is 2.99. The van der Waals surface area contributed by atoms with Crippen LogP contribution in [0, 0.1) is 0 Å². The number of aromatic nitrogens is 4. The molecule has 0 aliphatic rings. The van der Waals surface area contributed by atoms with Crippen LogP contribution in [0.1, 0.15) is 15.9 Å². The van der Waals surface area contributed by atoms with E-state index in [9.17, 15) is 4.79 Å². The maximum atomic E-state index is 12.4. The molecule has 7 heteroatoms. The molecule has 7 nitrogen and oxygen atoms in total. The SMILES string of the molecule is COc1ccc2[nH]cc(CCNC(=O)c3cnc(-c4cccnc4)nc3)c2c1. The molecule has 140 valence electrons. The molecule has 4 aromatic rings. The predicted molar refractivity (Wildman–Crippen MR) is 106 cm³/mol. The lowest BCUT2D eigenvalue weighted by molar-refractivity contribution is 0.0953. The minimum atomic E-state index is -0.199. The van der Waals surface area contributed by atoms with Crippen LogP contribution in [-0.4, -0.2) is 39.5 Å². The highest BCUT2D eigenvalue weighted by atomic mass is 16.5. The van der Waals surface area contributed by atoms with Crippen molar-refractivity contribution in [2.24, 2.45) is 0 Å². The van der Waals surface area contributed by atoms with E-state index >= 15 is 0 Å². The van der Waals surface area contributed by atoms with Gasteiger partial charge in [0.1, 0.15) is 5.75 Å². The Morgan fingerprint density at radius 2 is 2.04 bits per heavy atom. The first-order valence-corrected chi connectivity index (χ1v) is 8.89. The molecule has 0 radical (unpaired) electrons. The summed E-state index contributed by atoms with van der Waals surface area (Å²) in [4.78, 5) is 28.2. The molecule has 3 aromatic heterocycles. The summed E-state index contributed by atoms with van der Waals surface area (Å²) >= 11 is 0. The first kappa shape index (κ1) is 17.7. The zero-order valence-corrected chi connectivity index (χ0v) is 15.3. The molecular formula is C21H19N5O2. The van der Waals surface area contributed by atoms with E-state index in [1.54, 1.807) is 19.5 Å². The number of nitrogens with zero attached hydrogens (tertiary/aromatic N) is 3. The largest absolute Gasteiger partial charge is 0.497 e. The molecule has 1 aromatic carbocycles. The van der Waals surface area contributed by atoms with Gasteiger partial charge in [-0.2, -0.15) is 0 Å². The van der Waals surface area contributed by atoms with Gasteiger partial charge in [-0.05, 0) is 42.3 Å². The van der Waals surface area contributed by atoms with Crippen LogP contribution >= 0.6 is 0 Å². The van der Waals surface area contributed by atoms with E-state index in [-0.39, 0.29) is 5.91 Å². The van der Waals surface area contributed by atoms with Gasteiger partial charge in [-0.1, -0.05) is 0 Å². The summed E-state index contributed by atoms with van der Waals surface area (Å²) in [6, 6.07) is 9.59. The zero-order chi connectivity index (χ0) is 19.3. The third-order valence-corrected chi connectivity index (χ3v) is 4.49. The molecule has 0 saturated heterocycles. The van der Waals surface area contributed by atoms with Gasteiger partial charge in [0.25, 0.3) is 5.91 Å². The van der Waals surface area contributed by atoms with Gasteiger partial charge < -0.3 is 15.0 Å². The van der Waals surface area contributed by atoms with Crippen LogP contribution in [0.25, 0.3) is 22.3 Å². The van der Waals surface area contributed by atoms with E-state index in [1.807, 2.05) is 36.5 Å². The number of rotatable bonds is 6. The smallest absolute Gasteiger partial charge is 0.254 e. The normalized spacial score (nSPS) is 10.8. The molecule has 0 unspecified atom stereocenters. The van der Waals surface area contributed by atoms with Crippen LogP contribution in [0.5, 0.6) is 5.75 Å². The average molecular weight is 373 g/mol. The average Bonchev–Trinajstić information content (AvgIpc) is 3.16. The number of methoxy groups -OCH3 is 1. The molecule has 4 rings (SSSR count). The van der Waals surface area contributed by atoms with Crippen molar-refractivity contribution < 1.29 is 9.53 Å². The standard InChI is InChI=1S/C21H19N5O2/c1-28-17-4-5-19-18(9-17)14(11-24-19)6-8-23-21(27)16-12-25-20(26-13-16)15-3-2-7-22-10-15/h2-5,7,9-13,24H,6,8H2,1H3,(H,23,27). The molecule has 2 N–H and O–H groups in total. The molecule has 3 heterocycles. The minimum Gasteiger partial charge on any atom is -0.497 e. The van der Waals surface area contributed by atoms with E-state index in [0.717, 1.165) is 27.8 Å². The van der Waals surface area contributed by atoms with Crippen LogP contribution < -0.4 is 10.1 Å². The Morgan fingerprint density at radius 3 is 2.79 bits per heavy atom. The Morgan fingerprint density at radius 1 is 1.18 bits per heavy atom. The number of hydrogen-bond acceptors (Lipinski definition) is 5. The van der Waals surface area contributed by atoms with E-state index in [0.29, 0.717) is 24.4 Å². The van der Waals surface area contributed by atoms with Gasteiger partial charge in [-0.25, -0.2) is 9.97 Å². The van der Waals surface area contributed by atoms with Crippen molar-refractivity contribution in [3.8, 4) is 17.1 Å². The van der Waals surface area contributed by atoms with Crippen molar-refractivity contribution in [2.45, 2.75) is 6.42 Å². The molecule has 0 bridgehead atoms. The van der Waals surface area contributed by atoms with Crippen molar-refractivity contribution in [2.75, 3.05) is 13.7 Å². The summed E-state index contributed by atoms with van der Waals surface area (Å²) in [6.07, 6.45) is 9.10. The number of amides is 1. The fourth-order valence-electron chi connectivity index (χ4n) is 2.99. The Kier molecular flexibility index (Phi) is 4.97. The van der Waals surface area contributed by atoms with Gasteiger partial charge in [-0.3, -0.25) is 9.78 Å². The predicted octanol–water partition coefficient (Wildman–Crippen LogP) is 3.00. The second kappa shape index (κ2) is 7.87. The van der Waals surface area contributed by atoms with Gasteiger partial charge in [-0.15, -0.1) is 0 Å². The van der Waals surface area contributed by atoms with Gasteiger partial charge in [0, 0.05) is 54.0 Å². The third-order valence-electron chi connectivity index (χ3n) is 4.49. The number of benzene rings is 1. The fraction of sp³-hybridized carbons (Fsp3) is 0.143. The highest BCUT2D eigenvalue weighted by molar-refractivity contribution is 5.93. The second-order valence-corrected chi connectivity index (χ2v) is 6.27. The van der Waals surface area contributed by atoms with Crippen LogP contribution in [0.2, 0.25) is 0 Å². The quantitative estimate of drug-likeness (QED) is 0.542. The summed E-state index contributed by atoms with van der Waals surface area (Å²) in [7, 11) is 1.65. The number of H-pyrrole nitrogens is 1. The molecular weight excluding hydrogens is 354 g/mol. The van der Waals surface area contributed by atoms with Crippen LogP contribution in [-0.2, 0) is 6.42 Å². The van der Waals surface area contributed by atoms with Crippen molar-refractivity contribution >= 4 is 16.8 Å². The van der Waals surface area contributed by atoms with E-state index in [4.69, 9.17) is 4.74 Å². The maximum absolute atomic E-state index is 12.4. The number of nitrogens with one attached hydrogen (secondary N) is 2. The van der Waals surface area contributed by atoms with Crippen LogP contribution in [0.4, 0.5) is 0 Å². The Labute approximate surface area is 161 Å². The summed E-state index contributed by atoms with van der Waals surface area (Å²) < 4.78 is 5.29. The second-order valence-electron chi connectivity index (χ2n) is 6.27. The van der Waals surface area contributed by atoms with Crippen LogP contribution in [0.15, 0.2) is 61.3 Å². The first-order chi connectivity index (χ1) is 13.7. The van der Waals surface area contributed by atoms with Gasteiger partial charge in [0.05, 0.1) is 12.7 Å². The summed E-state index contributed by atoms with van der Waals surface area (Å²) in [5.74, 6) is 1.15. The van der Waals surface area contributed by atoms with Crippen molar-refractivity contribution in [1.82, 2.24) is 25.3 Å². The van der Waals surface area contributed by atoms with E-state index in [2.05, 4.69) is 25.3 Å². The molecule has 1 amide bonds. The number of fused-ring (bicyclic) bond motifs is 1. The van der Waals surface area contributed by atoms with Gasteiger partial charge in [0.15, 0.2) is 5.82 Å². The summed E-state index contributed by atoms with van der Waals surface area (Å²) in [5, 5.41) is 4.01. The molecule has 0 atom stereocenters. The van der Waals surface area contributed by atoms with Gasteiger partial charge in [0.2, 0.25) is 0 Å². The highest BCUT2D eigenvalue weighted by Gasteiger charge is 2.09. The van der Waals surface area contributed by atoms with E-state index < -0.39 is 0 Å². The van der Waals surface area contributed by atoms with Crippen molar-refractivity contribution in [3.05, 3.63) is 72.4 Å². The number of carbonyl (C=O) groups is 1. The molecule has 28 heavy (non-hydrogen) atoms. The summed E-state index contributed by atoms with van der Waals surface area (Å²) in [6.45, 7) is 0.507. The lowest BCUT2D eigenvalue weighted by atomic mass is 10.1. The number of hydrogen-bond donors (Lipinski definition) is 2. The Balaban J connectivity index is 1.38. The van der Waals surface area contributed by atoms with Crippen molar-refractivity contribution in [1.29, 1.82) is 0 Å². The van der Waals surface area contributed by atoms with Crippen LogP contribution in [0.3, 0.4) is 0 Å². The topological polar surface area (TPSA) is 92.8 Å². The molecule has 0 spiro atoms. The Hall–Kier alpha value is -3.74. The summed E-state index contributed by atoms with van der Waals surface area (Å²) in [5.41, 5.74) is 3.40. The van der Waals surface area contributed by atoms with Crippen molar-refractivity contribution in [3.63, 3.8) is 0 Å². The lowest BCUT2D eigenvalue weighted by Crippen LogP contribution is -2.26. The van der Waals surface area contributed by atoms with E-state index in [1.165, 1.54) is 12.4 Å². The number of carbonyl (C=O) groups excluding carboxylic acids is 1. The third kappa shape index (κ3) is 3.68. The lowest BCUT2D eigenvalue weighted by Gasteiger charge is -2.06. The Bertz CT molecular complexity index is 1090. The molecule has 0 aliphatic heterocycles. The monoisotopic (exact) mass is 373 g/mol. The maximum Gasteiger partial charge on any atom is 0.254 e. The zero-order valence-electron chi connectivity index (χ0n) is 15.3. The number of aromatic amines is 1. The van der Waals surface area contributed by atoms with Gasteiger partial charge >= 0.3 is 0 Å².